The van der Waals surface area contributed by atoms with Gasteiger partial charge in [-0.05, 0) is 60.8 Å². The Morgan fingerprint density at radius 3 is 2.87 bits per heavy atom. The zero-order chi connectivity index (χ0) is 16.2. The molecular formula is C14H20N6O2S. The molecule has 1 fully saturated rings. The molecule has 1 N–H and O–H groups in total. The maximum absolute atomic E-state index is 12.2. The number of likely N-dealkylation sites (tertiary alicyclic amines) is 1. The lowest BCUT2D eigenvalue weighted by atomic mass is 10.3. The molecule has 1 atom stereocenters. The summed E-state index contributed by atoms with van der Waals surface area (Å²) in [6, 6.07) is 3.92. The van der Waals surface area contributed by atoms with Crippen molar-refractivity contribution in [2.45, 2.75) is 32.4 Å². The highest BCUT2D eigenvalue weighted by molar-refractivity contribution is 7.12. The number of tetrazole rings is 1. The Labute approximate surface area is 137 Å². The molecule has 3 rings (SSSR count). The van der Waals surface area contributed by atoms with Gasteiger partial charge in [-0.2, -0.15) is 9.36 Å². The van der Waals surface area contributed by atoms with E-state index in [9.17, 15) is 9.59 Å². The summed E-state index contributed by atoms with van der Waals surface area (Å²) in [5.74, 6) is -0.226. The smallest absolute Gasteiger partial charge is 0.353 e. The molecule has 0 spiro atoms. The number of nitrogens with one attached hydrogen (secondary N) is 1. The summed E-state index contributed by atoms with van der Waals surface area (Å²) >= 11 is 1.39. The van der Waals surface area contributed by atoms with Gasteiger partial charge in [0.05, 0.1) is 0 Å². The number of hydrogen-bond acceptors (Lipinski definition) is 6. The van der Waals surface area contributed by atoms with E-state index < -0.39 is 5.69 Å². The van der Waals surface area contributed by atoms with Gasteiger partial charge in [0.1, 0.15) is 11.5 Å². The van der Waals surface area contributed by atoms with Gasteiger partial charge in [-0.3, -0.25) is 9.69 Å². The minimum absolute atomic E-state index is 0.114. The van der Waals surface area contributed by atoms with E-state index in [1.165, 1.54) is 28.9 Å². The first-order chi connectivity index (χ1) is 11.1. The van der Waals surface area contributed by atoms with Crippen LogP contribution in [0.2, 0.25) is 0 Å². The first-order valence-corrected chi connectivity index (χ1v) is 8.60. The van der Waals surface area contributed by atoms with Crippen LogP contribution in [0.15, 0.2) is 22.3 Å². The van der Waals surface area contributed by atoms with Gasteiger partial charge in [0.15, 0.2) is 0 Å². The maximum atomic E-state index is 12.2. The molecule has 1 amide bonds. The molecule has 0 aromatic carbocycles. The third kappa shape index (κ3) is 3.67. The molecule has 1 aliphatic heterocycles. The molecule has 1 unspecified atom stereocenters. The lowest BCUT2D eigenvalue weighted by Crippen LogP contribution is -2.42. The number of amides is 1. The SMILES string of the molecule is CC(CNC(=O)Cn1nnn(-c2cccs2)c1=O)N1CCCC1. The van der Waals surface area contributed by atoms with Gasteiger partial charge in [-0.1, -0.05) is 0 Å². The van der Waals surface area contributed by atoms with Crippen LogP contribution in [0.4, 0.5) is 0 Å². The van der Waals surface area contributed by atoms with Crippen LogP contribution in [0.3, 0.4) is 0 Å². The molecule has 0 saturated carbocycles. The summed E-state index contributed by atoms with van der Waals surface area (Å²) in [5, 5.41) is 13.0. The predicted octanol–water partition coefficient (Wildman–Crippen LogP) is 0.0910. The number of carbonyl (C=O) groups excluding carboxylic acids is 1. The Balaban J connectivity index is 1.55. The normalized spacial score (nSPS) is 16.6. The lowest BCUT2D eigenvalue weighted by Gasteiger charge is -2.23. The van der Waals surface area contributed by atoms with Crippen molar-refractivity contribution in [2.75, 3.05) is 19.6 Å². The largest absolute Gasteiger partial charge is 0.369 e. The molecule has 3 heterocycles. The zero-order valence-electron chi connectivity index (χ0n) is 13.0. The fourth-order valence-corrected chi connectivity index (χ4v) is 3.34. The van der Waals surface area contributed by atoms with E-state index >= 15 is 0 Å². The molecule has 0 aliphatic carbocycles. The Kier molecular flexibility index (Phi) is 4.87. The highest BCUT2D eigenvalue weighted by atomic mass is 32.1. The minimum atomic E-state index is -0.407. The van der Waals surface area contributed by atoms with Crippen molar-refractivity contribution in [2.24, 2.45) is 0 Å². The number of thiophene rings is 1. The lowest BCUT2D eigenvalue weighted by molar-refractivity contribution is -0.122. The Hall–Kier alpha value is -2.00. The zero-order valence-corrected chi connectivity index (χ0v) is 13.8. The van der Waals surface area contributed by atoms with Gasteiger partial charge >= 0.3 is 5.69 Å². The predicted molar refractivity (Wildman–Crippen MR) is 86.8 cm³/mol. The van der Waals surface area contributed by atoms with Gasteiger partial charge in [0, 0.05) is 12.6 Å². The van der Waals surface area contributed by atoms with Gasteiger partial charge in [-0.25, -0.2) is 4.79 Å². The van der Waals surface area contributed by atoms with Gasteiger partial charge in [-0.15, -0.1) is 11.3 Å². The Bertz CT molecular complexity index is 701. The molecule has 0 bridgehead atoms. The van der Waals surface area contributed by atoms with E-state index in [4.69, 9.17) is 0 Å². The van der Waals surface area contributed by atoms with E-state index in [1.54, 1.807) is 6.07 Å². The van der Waals surface area contributed by atoms with Crippen LogP contribution in [0, 0.1) is 0 Å². The van der Waals surface area contributed by atoms with Crippen molar-refractivity contribution in [3.63, 3.8) is 0 Å². The number of rotatable bonds is 6. The molecule has 9 heteroatoms. The summed E-state index contributed by atoms with van der Waals surface area (Å²) in [7, 11) is 0. The molecular weight excluding hydrogens is 316 g/mol. The van der Waals surface area contributed by atoms with Crippen LogP contribution in [-0.4, -0.2) is 56.3 Å². The van der Waals surface area contributed by atoms with E-state index in [1.807, 2.05) is 11.4 Å². The number of hydrogen-bond donors (Lipinski definition) is 1. The van der Waals surface area contributed by atoms with Gasteiger partial charge in [0.2, 0.25) is 5.91 Å². The topological polar surface area (TPSA) is 85.0 Å². The highest BCUT2D eigenvalue weighted by Gasteiger charge is 2.19. The van der Waals surface area contributed by atoms with Crippen LogP contribution in [0.5, 0.6) is 0 Å². The fraction of sp³-hybridized carbons (Fsp3) is 0.571. The second-order valence-electron chi connectivity index (χ2n) is 5.68. The minimum Gasteiger partial charge on any atom is -0.353 e. The molecule has 23 heavy (non-hydrogen) atoms. The van der Waals surface area contributed by atoms with E-state index in [-0.39, 0.29) is 12.5 Å². The van der Waals surface area contributed by atoms with Gasteiger partial charge < -0.3 is 5.32 Å². The van der Waals surface area contributed by atoms with E-state index in [0.717, 1.165) is 17.8 Å². The summed E-state index contributed by atoms with van der Waals surface area (Å²) in [6.07, 6.45) is 2.44. The Morgan fingerprint density at radius 2 is 2.17 bits per heavy atom. The second-order valence-corrected chi connectivity index (χ2v) is 6.60. The average molecular weight is 336 g/mol. The van der Waals surface area contributed by atoms with Gasteiger partial charge in [0.25, 0.3) is 0 Å². The quantitative estimate of drug-likeness (QED) is 0.808. The third-order valence-electron chi connectivity index (χ3n) is 4.01. The van der Waals surface area contributed by atoms with Crippen molar-refractivity contribution in [1.82, 2.24) is 30.0 Å². The van der Waals surface area contributed by atoms with Crippen molar-refractivity contribution < 1.29 is 4.79 Å². The average Bonchev–Trinajstić information content (AvgIpc) is 3.27. The van der Waals surface area contributed by atoms with Crippen molar-refractivity contribution in [1.29, 1.82) is 0 Å². The van der Waals surface area contributed by atoms with Crippen LogP contribution in [0.1, 0.15) is 19.8 Å². The molecule has 2 aromatic rings. The summed E-state index contributed by atoms with van der Waals surface area (Å²) < 4.78 is 2.28. The standard InChI is InChI=1S/C14H20N6O2S/c1-11(18-6-2-3-7-18)9-15-12(21)10-19-14(22)20(17-16-19)13-5-4-8-23-13/h4-5,8,11H,2-3,6-7,9-10H2,1H3,(H,15,21). The fourth-order valence-electron chi connectivity index (χ4n) is 2.67. The van der Waals surface area contributed by atoms with Crippen LogP contribution in [-0.2, 0) is 11.3 Å². The van der Waals surface area contributed by atoms with E-state index in [0.29, 0.717) is 17.6 Å². The van der Waals surface area contributed by atoms with Crippen LogP contribution in [0.25, 0.3) is 5.00 Å². The highest BCUT2D eigenvalue weighted by Crippen LogP contribution is 2.11. The van der Waals surface area contributed by atoms with Crippen molar-refractivity contribution in [3.05, 3.63) is 28.0 Å². The molecule has 2 aromatic heterocycles. The van der Waals surface area contributed by atoms with Crippen molar-refractivity contribution >= 4 is 17.2 Å². The first kappa shape index (κ1) is 15.9. The number of nitrogens with zero attached hydrogens (tertiary/aromatic N) is 5. The molecule has 8 nitrogen and oxygen atoms in total. The number of aromatic nitrogens is 4. The molecule has 124 valence electrons. The number of carbonyl (C=O) groups is 1. The van der Waals surface area contributed by atoms with Crippen LogP contribution >= 0.6 is 11.3 Å². The second kappa shape index (κ2) is 7.05. The monoisotopic (exact) mass is 336 g/mol. The summed E-state index contributed by atoms with van der Waals surface area (Å²) in [6.45, 7) is 4.74. The molecule has 1 aliphatic rings. The third-order valence-corrected chi connectivity index (χ3v) is 4.85. The van der Waals surface area contributed by atoms with E-state index in [2.05, 4.69) is 27.6 Å². The Morgan fingerprint density at radius 1 is 1.39 bits per heavy atom. The van der Waals surface area contributed by atoms with Crippen molar-refractivity contribution in [3.8, 4) is 5.00 Å². The maximum Gasteiger partial charge on any atom is 0.369 e. The summed E-state index contributed by atoms with van der Waals surface area (Å²) in [5.41, 5.74) is -0.407. The molecule has 1 saturated heterocycles. The van der Waals surface area contributed by atoms with Crippen LogP contribution < -0.4 is 11.0 Å². The summed E-state index contributed by atoms with van der Waals surface area (Å²) in [4.78, 5) is 26.5. The first-order valence-electron chi connectivity index (χ1n) is 7.72. The molecule has 0 radical (unpaired) electrons.